The standard InChI is InChI=1S/C24H27F2N3O4/c25-24(26)33-21-13-5-4-11-19(21)23(31)29-15-7-10-18(16-29)22(30)27-14-6-12-20(28-32)17-8-2-1-3-9-17/h1-5,8-9,11,13,18,24,32H,6-7,10,12,14-16H2,(H,27,30)/b28-20-. The molecule has 176 valence electrons. The first-order valence-corrected chi connectivity index (χ1v) is 10.9. The van der Waals surface area contributed by atoms with Crippen LogP contribution in [0.1, 0.15) is 41.6 Å². The highest BCUT2D eigenvalue weighted by Gasteiger charge is 2.30. The average molecular weight is 459 g/mol. The van der Waals surface area contributed by atoms with E-state index in [2.05, 4.69) is 15.2 Å². The molecule has 1 aliphatic rings. The highest BCUT2D eigenvalue weighted by atomic mass is 19.3. The van der Waals surface area contributed by atoms with Gasteiger partial charge in [-0.05, 0) is 43.4 Å². The van der Waals surface area contributed by atoms with E-state index in [1.807, 2.05) is 30.3 Å². The second kappa shape index (κ2) is 11.9. The fourth-order valence-electron chi connectivity index (χ4n) is 3.88. The number of hydrogen-bond donors (Lipinski definition) is 2. The second-order valence-electron chi connectivity index (χ2n) is 7.77. The van der Waals surface area contributed by atoms with Crippen molar-refractivity contribution in [2.75, 3.05) is 19.6 Å². The second-order valence-corrected chi connectivity index (χ2v) is 7.77. The molecule has 0 spiro atoms. The Morgan fingerprint density at radius 1 is 1.15 bits per heavy atom. The minimum atomic E-state index is -3.03. The van der Waals surface area contributed by atoms with Gasteiger partial charge < -0.3 is 20.2 Å². The van der Waals surface area contributed by atoms with E-state index in [0.29, 0.717) is 44.5 Å². The predicted octanol–water partition coefficient (Wildman–Crippen LogP) is 3.92. The van der Waals surface area contributed by atoms with Gasteiger partial charge in [-0.3, -0.25) is 9.59 Å². The first-order valence-electron chi connectivity index (χ1n) is 10.9. The van der Waals surface area contributed by atoms with Crippen molar-refractivity contribution in [2.24, 2.45) is 11.1 Å². The van der Waals surface area contributed by atoms with E-state index in [1.54, 1.807) is 6.07 Å². The lowest BCUT2D eigenvalue weighted by Gasteiger charge is -2.32. The molecule has 1 saturated heterocycles. The van der Waals surface area contributed by atoms with Gasteiger partial charge in [0.05, 0.1) is 17.2 Å². The molecule has 33 heavy (non-hydrogen) atoms. The van der Waals surface area contributed by atoms with Crippen LogP contribution in [0, 0.1) is 5.92 Å². The number of carbonyl (C=O) groups is 2. The van der Waals surface area contributed by atoms with Gasteiger partial charge >= 0.3 is 6.61 Å². The van der Waals surface area contributed by atoms with E-state index in [-0.39, 0.29) is 29.7 Å². The summed E-state index contributed by atoms with van der Waals surface area (Å²) in [4.78, 5) is 27.1. The Bertz CT molecular complexity index is 969. The predicted molar refractivity (Wildman–Crippen MR) is 119 cm³/mol. The number of alkyl halides is 2. The number of para-hydroxylation sites is 1. The molecule has 1 fully saturated rings. The lowest BCUT2D eigenvalue weighted by molar-refractivity contribution is -0.126. The number of piperidine rings is 1. The maximum Gasteiger partial charge on any atom is 0.387 e. The lowest BCUT2D eigenvalue weighted by atomic mass is 9.96. The van der Waals surface area contributed by atoms with Gasteiger partial charge in [-0.25, -0.2) is 0 Å². The molecular weight excluding hydrogens is 432 g/mol. The third-order valence-corrected chi connectivity index (χ3v) is 5.53. The van der Waals surface area contributed by atoms with Crippen LogP contribution < -0.4 is 10.1 Å². The Morgan fingerprint density at radius 2 is 1.88 bits per heavy atom. The SMILES string of the molecule is O=C(NCCC/C(=N/O)c1ccccc1)C1CCCN(C(=O)c2ccccc2OC(F)F)C1. The van der Waals surface area contributed by atoms with Crippen LogP contribution in [0.3, 0.4) is 0 Å². The lowest BCUT2D eigenvalue weighted by Crippen LogP contribution is -2.45. The van der Waals surface area contributed by atoms with E-state index in [1.165, 1.54) is 23.1 Å². The van der Waals surface area contributed by atoms with E-state index >= 15 is 0 Å². The fraction of sp³-hybridized carbons (Fsp3) is 0.375. The summed E-state index contributed by atoms with van der Waals surface area (Å²) in [6.07, 6.45) is 2.36. The summed E-state index contributed by atoms with van der Waals surface area (Å²) in [6, 6.07) is 15.2. The van der Waals surface area contributed by atoms with Crippen molar-refractivity contribution in [3.63, 3.8) is 0 Å². The van der Waals surface area contributed by atoms with Crippen LogP contribution in [0.4, 0.5) is 8.78 Å². The molecular formula is C24H27F2N3O4. The quantitative estimate of drug-likeness (QED) is 0.257. The topological polar surface area (TPSA) is 91.2 Å². The van der Waals surface area contributed by atoms with Crippen molar-refractivity contribution in [1.29, 1.82) is 0 Å². The summed E-state index contributed by atoms with van der Waals surface area (Å²) in [5.41, 5.74) is 1.42. The molecule has 2 amide bonds. The molecule has 0 aromatic heterocycles. The van der Waals surface area contributed by atoms with Crippen LogP contribution in [-0.2, 0) is 4.79 Å². The zero-order valence-electron chi connectivity index (χ0n) is 18.1. The Kier molecular flexibility index (Phi) is 8.74. The van der Waals surface area contributed by atoms with Crippen LogP contribution in [0.25, 0.3) is 0 Å². The number of ether oxygens (including phenoxy) is 1. The molecule has 1 aliphatic heterocycles. The van der Waals surface area contributed by atoms with Crippen LogP contribution in [-0.4, -0.2) is 53.9 Å². The van der Waals surface area contributed by atoms with Gasteiger partial charge in [0.1, 0.15) is 5.75 Å². The molecule has 9 heteroatoms. The minimum Gasteiger partial charge on any atom is -0.434 e. The van der Waals surface area contributed by atoms with E-state index in [9.17, 15) is 23.6 Å². The Morgan fingerprint density at radius 3 is 2.61 bits per heavy atom. The number of rotatable bonds is 9. The minimum absolute atomic E-state index is 0.0515. The number of oxime groups is 1. The maximum atomic E-state index is 12.9. The number of amides is 2. The van der Waals surface area contributed by atoms with Gasteiger partial charge in [0.15, 0.2) is 0 Å². The van der Waals surface area contributed by atoms with Crippen molar-refractivity contribution in [3.8, 4) is 5.75 Å². The van der Waals surface area contributed by atoms with Gasteiger partial charge in [0, 0.05) is 19.6 Å². The molecule has 2 aromatic carbocycles. The summed E-state index contributed by atoms with van der Waals surface area (Å²) < 4.78 is 29.8. The number of benzene rings is 2. The summed E-state index contributed by atoms with van der Waals surface area (Å²) in [5, 5.41) is 15.5. The normalized spacial score (nSPS) is 16.5. The molecule has 0 aliphatic carbocycles. The van der Waals surface area contributed by atoms with Gasteiger partial charge in [-0.15, -0.1) is 0 Å². The van der Waals surface area contributed by atoms with E-state index < -0.39 is 12.5 Å². The number of carbonyl (C=O) groups excluding carboxylic acids is 2. The Hall–Kier alpha value is -3.49. The van der Waals surface area contributed by atoms with Crippen molar-refractivity contribution >= 4 is 17.5 Å². The maximum absolute atomic E-state index is 12.9. The van der Waals surface area contributed by atoms with E-state index in [0.717, 1.165) is 5.56 Å². The van der Waals surface area contributed by atoms with Crippen molar-refractivity contribution in [3.05, 3.63) is 65.7 Å². The Balaban J connectivity index is 1.51. The average Bonchev–Trinajstić information content (AvgIpc) is 2.84. The monoisotopic (exact) mass is 459 g/mol. The summed E-state index contributed by atoms with van der Waals surface area (Å²) in [7, 11) is 0. The highest BCUT2D eigenvalue weighted by Crippen LogP contribution is 2.25. The molecule has 0 radical (unpaired) electrons. The molecule has 1 heterocycles. The molecule has 1 unspecified atom stereocenters. The van der Waals surface area contributed by atoms with Gasteiger partial charge in [-0.2, -0.15) is 8.78 Å². The van der Waals surface area contributed by atoms with Gasteiger partial charge in [0.2, 0.25) is 5.91 Å². The number of likely N-dealkylation sites (tertiary alicyclic amines) is 1. The molecule has 2 N–H and O–H groups in total. The largest absolute Gasteiger partial charge is 0.434 e. The van der Waals surface area contributed by atoms with Crippen LogP contribution in [0.15, 0.2) is 59.8 Å². The van der Waals surface area contributed by atoms with E-state index in [4.69, 9.17) is 0 Å². The third kappa shape index (κ3) is 6.74. The smallest absolute Gasteiger partial charge is 0.387 e. The van der Waals surface area contributed by atoms with Gasteiger partial charge in [0.25, 0.3) is 5.91 Å². The number of halogens is 2. The van der Waals surface area contributed by atoms with Crippen LogP contribution in [0.2, 0.25) is 0 Å². The van der Waals surface area contributed by atoms with Crippen LogP contribution in [0.5, 0.6) is 5.75 Å². The number of nitrogens with one attached hydrogen (secondary N) is 1. The first-order chi connectivity index (χ1) is 16.0. The molecule has 0 saturated carbocycles. The summed E-state index contributed by atoms with van der Waals surface area (Å²) in [5.74, 6) is -1.16. The number of nitrogens with zero attached hydrogens (tertiary/aromatic N) is 2. The molecule has 7 nitrogen and oxygen atoms in total. The zero-order chi connectivity index (χ0) is 23.6. The molecule has 0 bridgehead atoms. The zero-order valence-corrected chi connectivity index (χ0v) is 18.1. The molecule has 3 rings (SSSR count). The fourth-order valence-corrected chi connectivity index (χ4v) is 3.88. The van der Waals surface area contributed by atoms with Crippen LogP contribution >= 0.6 is 0 Å². The highest BCUT2D eigenvalue weighted by molar-refractivity contribution is 6.00. The van der Waals surface area contributed by atoms with Gasteiger partial charge in [-0.1, -0.05) is 47.6 Å². The third-order valence-electron chi connectivity index (χ3n) is 5.53. The molecule has 2 aromatic rings. The molecule has 1 atom stereocenters. The first kappa shape index (κ1) is 24.2. The number of hydrogen-bond acceptors (Lipinski definition) is 5. The Labute approximate surface area is 191 Å². The van der Waals surface area contributed by atoms with Crippen molar-refractivity contribution < 1.29 is 28.3 Å². The van der Waals surface area contributed by atoms with Crippen molar-refractivity contribution in [2.45, 2.75) is 32.3 Å². The summed E-state index contributed by atoms with van der Waals surface area (Å²) >= 11 is 0. The summed E-state index contributed by atoms with van der Waals surface area (Å²) in [6.45, 7) is -1.97. The van der Waals surface area contributed by atoms with Crippen molar-refractivity contribution in [1.82, 2.24) is 10.2 Å².